The Hall–Kier alpha value is -1.97. The van der Waals surface area contributed by atoms with Crippen molar-refractivity contribution in [3.05, 3.63) is 18.2 Å². The molecule has 1 amide bonds. The highest BCUT2D eigenvalue weighted by Crippen LogP contribution is 2.24. The topological polar surface area (TPSA) is 46.9 Å². The third-order valence-electron chi connectivity index (χ3n) is 3.52. The molecule has 114 valence electrons. The highest BCUT2D eigenvalue weighted by atomic mass is 19.4. The van der Waals surface area contributed by atoms with Gasteiger partial charge in [-0.25, -0.2) is 4.98 Å². The zero-order chi connectivity index (χ0) is 15.5. The van der Waals surface area contributed by atoms with Gasteiger partial charge in [0, 0.05) is 30.9 Å². The molecule has 0 aliphatic carbocycles. The molecule has 0 saturated heterocycles. The lowest BCUT2D eigenvalue weighted by atomic mass is 9.96. The summed E-state index contributed by atoms with van der Waals surface area (Å²) < 4.78 is 39.2. The summed E-state index contributed by atoms with van der Waals surface area (Å²) in [6.07, 6.45) is 4.15. The molecule has 0 fully saturated rings. The van der Waals surface area contributed by atoms with Gasteiger partial charge >= 0.3 is 6.18 Å². The highest BCUT2D eigenvalue weighted by Gasteiger charge is 2.33. The molecule has 2 rings (SSSR count). The zero-order valence-electron chi connectivity index (χ0n) is 11.4. The minimum absolute atomic E-state index is 0.131. The van der Waals surface area contributed by atoms with Crippen molar-refractivity contribution in [2.24, 2.45) is 5.92 Å². The lowest BCUT2D eigenvalue weighted by Gasteiger charge is -2.26. The summed E-state index contributed by atoms with van der Waals surface area (Å²) in [4.78, 5) is 16.1. The van der Waals surface area contributed by atoms with Crippen molar-refractivity contribution >= 4 is 5.91 Å². The van der Waals surface area contributed by atoms with Crippen molar-refractivity contribution in [1.29, 1.82) is 0 Å². The second-order valence-corrected chi connectivity index (χ2v) is 5.21. The Balaban J connectivity index is 1.95. The quantitative estimate of drug-likeness (QED) is 0.863. The maximum Gasteiger partial charge on any atom is 0.391 e. The number of aryl methyl sites for hydroxylation is 1. The van der Waals surface area contributed by atoms with Crippen LogP contribution in [0.25, 0.3) is 0 Å². The smallest absolute Gasteiger partial charge is 0.352 e. The number of aromatic nitrogens is 2. The summed E-state index contributed by atoms with van der Waals surface area (Å²) in [6.45, 7) is 0.440. The van der Waals surface area contributed by atoms with Gasteiger partial charge in [0.15, 0.2) is 0 Å². The number of alkyl halides is 3. The van der Waals surface area contributed by atoms with Gasteiger partial charge < -0.3 is 9.88 Å². The third kappa shape index (κ3) is 4.25. The van der Waals surface area contributed by atoms with E-state index in [0.29, 0.717) is 19.4 Å². The Kier molecular flexibility index (Phi) is 4.56. The summed E-state index contributed by atoms with van der Waals surface area (Å²) in [5, 5.41) is 2.43. The predicted molar refractivity (Wildman–Crippen MR) is 70.1 cm³/mol. The number of halogens is 3. The number of fused-ring (bicyclic) bond motifs is 1. The maximum atomic E-state index is 12.4. The van der Waals surface area contributed by atoms with Crippen LogP contribution in [0.4, 0.5) is 13.2 Å². The molecule has 7 heteroatoms. The molecule has 0 saturated carbocycles. The molecule has 0 spiro atoms. The number of imidazole rings is 1. The van der Waals surface area contributed by atoms with Gasteiger partial charge in [-0.15, -0.1) is 12.3 Å². The Morgan fingerprint density at radius 3 is 3.05 bits per heavy atom. The Labute approximate surface area is 120 Å². The number of hydrogen-bond donors (Lipinski definition) is 1. The van der Waals surface area contributed by atoms with Crippen molar-refractivity contribution in [1.82, 2.24) is 14.9 Å². The molecule has 0 bridgehead atoms. The number of terminal acetylenes is 1. The predicted octanol–water partition coefficient (Wildman–Crippen LogP) is 1.91. The molecule has 0 radical (unpaired) electrons. The first-order valence-electron chi connectivity index (χ1n) is 6.68. The average molecular weight is 299 g/mol. The second kappa shape index (κ2) is 6.20. The lowest BCUT2D eigenvalue weighted by Crippen LogP contribution is -2.43. The molecule has 2 atom stereocenters. The molecule has 1 aliphatic heterocycles. The first kappa shape index (κ1) is 15.4. The van der Waals surface area contributed by atoms with Crippen LogP contribution in [0.2, 0.25) is 0 Å². The summed E-state index contributed by atoms with van der Waals surface area (Å²) in [5.41, 5.74) is 1.04. The van der Waals surface area contributed by atoms with E-state index in [1.54, 1.807) is 12.5 Å². The fraction of sp³-hybridized carbons (Fsp3) is 0.571. The van der Waals surface area contributed by atoms with Gasteiger partial charge in [0.25, 0.3) is 0 Å². The minimum atomic E-state index is -4.35. The number of hydrogen-bond acceptors (Lipinski definition) is 2. The van der Waals surface area contributed by atoms with Crippen LogP contribution in [-0.2, 0) is 17.8 Å². The molecular weight excluding hydrogens is 283 g/mol. The number of carbonyl (C=O) groups is 1. The van der Waals surface area contributed by atoms with E-state index in [9.17, 15) is 18.0 Å². The van der Waals surface area contributed by atoms with Crippen molar-refractivity contribution in [3.8, 4) is 12.3 Å². The molecular formula is C14H16F3N3O. The van der Waals surface area contributed by atoms with Gasteiger partial charge in [-0.3, -0.25) is 4.79 Å². The number of carbonyl (C=O) groups excluding carboxylic acids is 1. The van der Waals surface area contributed by atoms with Crippen molar-refractivity contribution in [2.75, 3.05) is 0 Å². The second-order valence-electron chi connectivity index (χ2n) is 5.21. The Morgan fingerprint density at radius 2 is 2.38 bits per heavy atom. The van der Waals surface area contributed by atoms with Crippen LogP contribution in [0.15, 0.2) is 12.5 Å². The molecule has 21 heavy (non-hydrogen) atoms. The summed E-state index contributed by atoms with van der Waals surface area (Å²) in [7, 11) is 0. The van der Waals surface area contributed by atoms with Crippen molar-refractivity contribution in [2.45, 2.75) is 44.4 Å². The molecule has 1 aromatic heterocycles. The summed E-state index contributed by atoms with van der Waals surface area (Å²) in [5.74, 6) is 1.46. The first-order chi connectivity index (χ1) is 9.89. The fourth-order valence-corrected chi connectivity index (χ4v) is 2.50. The van der Waals surface area contributed by atoms with Gasteiger partial charge in [0.1, 0.15) is 0 Å². The minimum Gasteiger partial charge on any atom is -0.352 e. The van der Waals surface area contributed by atoms with Gasteiger partial charge in [-0.1, -0.05) is 0 Å². The van der Waals surface area contributed by atoms with Crippen LogP contribution in [0.1, 0.15) is 25.0 Å². The number of nitrogens with zero attached hydrogens (tertiary/aromatic N) is 2. The van der Waals surface area contributed by atoms with Gasteiger partial charge in [-0.2, -0.15) is 13.2 Å². The van der Waals surface area contributed by atoms with E-state index in [1.807, 2.05) is 4.57 Å². The van der Waals surface area contributed by atoms with Crippen LogP contribution in [0.5, 0.6) is 0 Å². The summed E-state index contributed by atoms with van der Waals surface area (Å²) >= 11 is 0. The van der Waals surface area contributed by atoms with Crippen LogP contribution >= 0.6 is 0 Å². The first-order valence-corrected chi connectivity index (χ1v) is 6.68. The van der Waals surface area contributed by atoms with Gasteiger partial charge in [0.05, 0.1) is 18.7 Å². The molecule has 1 N–H and O–H groups in total. The number of rotatable bonds is 4. The van der Waals surface area contributed by atoms with E-state index in [1.165, 1.54) is 0 Å². The molecule has 1 aromatic rings. The van der Waals surface area contributed by atoms with Crippen LogP contribution in [-0.4, -0.2) is 27.7 Å². The van der Waals surface area contributed by atoms with Gasteiger partial charge in [-0.05, 0) is 12.8 Å². The highest BCUT2D eigenvalue weighted by molar-refractivity contribution is 5.79. The molecule has 2 unspecified atom stereocenters. The lowest BCUT2D eigenvalue weighted by molar-refractivity contribution is -0.143. The molecule has 2 heterocycles. The average Bonchev–Trinajstić information content (AvgIpc) is 2.83. The third-order valence-corrected chi connectivity index (χ3v) is 3.52. The van der Waals surface area contributed by atoms with Crippen molar-refractivity contribution in [3.63, 3.8) is 0 Å². The molecule has 1 aliphatic rings. The van der Waals surface area contributed by atoms with Gasteiger partial charge in [0.2, 0.25) is 5.91 Å². The van der Waals surface area contributed by atoms with Crippen LogP contribution < -0.4 is 5.32 Å². The van der Waals surface area contributed by atoms with E-state index >= 15 is 0 Å². The van der Waals surface area contributed by atoms with E-state index in [-0.39, 0.29) is 18.2 Å². The molecule has 0 aromatic carbocycles. The maximum absolute atomic E-state index is 12.4. The van der Waals surface area contributed by atoms with Crippen LogP contribution in [0, 0.1) is 18.3 Å². The van der Waals surface area contributed by atoms with Crippen molar-refractivity contribution < 1.29 is 18.0 Å². The normalized spacial score (nSPS) is 19.4. The fourth-order valence-electron chi connectivity index (χ4n) is 2.50. The van der Waals surface area contributed by atoms with E-state index in [4.69, 9.17) is 6.42 Å². The SMILES string of the molecule is C#CCC(CC(F)(F)F)NC(=O)C1CCc2cncn2C1. The van der Waals surface area contributed by atoms with Crippen LogP contribution in [0.3, 0.4) is 0 Å². The number of amides is 1. The van der Waals surface area contributed by atoms with E-state index < -0.39 is 18.6 Å². The largest absolute Gasteiger partial charge is 0.391 e. The summed E-state index contributed by atoms with van der Waals surface area (Å²) in [6, 6.07) is -1.06. The molecule has 4 nitrogen and oxygen atoms in total. The van der Waals surface area contributed by atoms with E-state index in [2.05, 4.69) is 16.2 Å². The monoisotopic (exact) mass is 299 g/mol. The zero-order valence-corrected chi connectivity index (χ0v) is 11.4. The Morgan fingerprint density at radius 1 is 1.62 bits per heavy atom. The van der Waals surface area contributed by atoms with E-state index in [0.717, 1.165) is 5.69 Å². The Bertz CT molecular complexity index is 544. The number of nitrogens with one attached hydrogen (secondary N) is 1. The standard InChI is InChI=1S/C14H16F3N3O/c1-2-3-11(6-14(15,16)17)19-13(21)10-4-5-12-7-18-9-20(12)8-10/h1,7,9-11H,3-6,8H2,(H,19,21).